The molecular weight excluding hydrogens is 188 g/mol. The van der Waals surface area contributed by atoms with Gasteiger partial charge in [0, 0.05) is 13.7 Å². The summed E-state index contributed by atoms with van der Waals surface area (Å²) in [7, 11) is 1.82. The van der Waals surface area contributed by atoms with Crippen LogP contribution in [-0.2, 0) is 4.74 Å². The number of hydrogen-bond acceptors (Lipinski definition) is 3. The molecule has 0 saturated carbocycles. The highest BCUT2D eigenvalue weighted by molar-refractivity contribution is 4.94. The third kappa shape index (κ3) is 2.92. The predicted octanol–water partition coefficient (Wildman–Crippen LogP) is 1.24. The van der Waals surface area contributed by atoms with E-state index in [2.05, 4.69) is 10.2 Å². The molecule has 0 aromatic carbocycles. The smallest absolute Gasteiger partial charge is 0.0657 e. The maximum absolute atomic E-state index is 5.41. The lowest BCUT2D eigenvalue weighted by molar-refractivity contribution is 0.0645. The molecule has 2 saturated heterocycles. The zero-order chi connectivity index (χ0) is 10.6. The fourth-order valence-electron chi connectivity index (χ4n) is 2.98. The second kappa shape index (κ2) is 5.28. The summed E-state index contributed by atoms with van der Waals surface area (Å²) in [5, 5.41) is 3.69. The Bertz CT molecular complexity index is 179. The number of nitrogens with one attached hydrogen (secondary N) is 1. The van der Waals surface area contributed by atoms with Crippen LogP contribution in [0, 0.1) is 0 Å². The molecule has 0 aromatic heterocycles. The van der Waals surface area contributed by atoms with E-state index in [0.717, 1.165) is 13.2 Å². The average Bonchev–Trinajstić information content (AvgIpc) is 2.72. The van der Waals surface area contributed by atoms with Crippen LogP contribution in [0.3, 0.4) is 0 Å². The molecule has 1 unspecified atom stereocenters. The Labute approximate surface area is 93.2 Å². The molecule has 88 valence electrons. The van der Waals surface area contributed by atoms with Gasteiger partial charge in [0.15, 0.2) is 0 Å². The molecule has 1 atom stereocenters. The van der Waals surface area contributed by atoms with Crippen molar-refractivity contribution in [3.63, 3.8) is 0 Å². The van der Waals surface area contributed by atoms with E-state index < -0.39 is 0 Å². The Morgan fingerprint density at radius 1 is 1.20 bits per heavy atom. The molecule has 1 N–H and O–H groups in total. The van der Waals surface area contributed by atoms with Gasteiger partial charge in [-0.05, 0) is 45.3 Å². The molecular formula is C12H24N2O. The van der Waals surface area contributed by atoms with Crippen molar-refractivity contribution >= 4 is 0 Å². The highest BCUT2D eigenvalue weighted by atomic mass is 16.5. The first-order chi connectivity index (χ1) is 7.35. The average molecular weight is 212 g/mol. The Morgan fingerprint density at radius 3 is 2.60 bits per heavy atom. The van der Waals surface area contributed by atoms with Crippen LogP contribution in [0.15, 0.2) is 0 Å². The van der Waals surface area contributed by atoms with Crippen molar-refractivity contribution in [2.75, 3.05) is 39.9 Å². The number of hydrogen-bond donors (Lipinski definition) is 1. The third-order valence-electron chi connectivity index (χ3n) is 3.73. The summed E-state index contributed by atoms with van der Waals surface area (Å²) < 4.78 is 5.41. The van der Waals surface area contributed by atoms with Crippen LogP contribution in [0.1, 0.15) is 32.1 Å². The number of piperidine rings is 1. The Kier molecular flexibility index (Phi) is 4.00. The van der Waals surface area contributed by atoms with Gasteiger partial charge in [0.1, 0.15) is 0 Å². The van der Waals surface area contributed by atoms with Gasteiger partial charge in [-0.25, -0.2) is 0 Å². The molecule has 2 fully saturated rings. The largest absolute Gasteiger partial charge is 0.383 e. The molecule has 2 heterocycles. The zero-order valence-corrected chi connectivity index (χ0v) is 9.93. The normalized spacial score (nSPS) is 33.4. The highest BCUT2D eigenvalue weighted by Gasteiger charge is 2.34. The van der Waals surface area contributed by atoms with Gasteiger partial charge >= 0.3 is 0 Å². The highest BCUT2D eigenvalue weighted by Crippen LogP contribution is 2.22. The monoisotopic (exact) mass is 212 g/mol. The predicted molar refractivity (Wildman–Crippen MR) is 62.1 cm³/mol. The van der Waals surface area contributed by atoms with E-state index in [0.29, 0.717) is 0 Å². The summed E-state index contributed by atoms with van der Waals surface area (Å²) in [6.45, 7) is 5.78. The van der Waals surface area contributed by atoms with Crippen LogP contribution in [0.4, 0.5) is 0 Å². The molecule has 3 heteroatoms. The number of likely N-dealkylation sites (tertiary alicyclic amines) is 1. The number of methoxy groups -OCH3 is 1. The summed E-state index contributed by atoms with van der Waals surface area (Å²) in [6.07, 6.45) is 6.71. The lowest BCUT2D eigenvalue weighted by Gasteiger charge is -2.40. The Balaban J connectivity index is 1.90. The van der Waals surface area contributed by atoms with Gasteiger partial charge in [-0.3, -0.25) is 0 Å². The first-order valence-electron chi connectivity index (χ1n) is 6.31. The lowest BCUT2D eigenvalue weighted by atomic mass is 9.89. The molecule has 0 bridgehead atoms. The van der Waals surface area contributed by atoms with Crippen molar-refractivity contribution in [1.82, 2.24) is 10.2 Å². The standard InChI is InChI=1S/C12H24N2O/c1-15-11-12(6-2-3-7-13-12)10-14-8-4-5-9-14/h13H,2-11H2,1H3. The minimum atomic E-state index is 0.247. The van der Waals surface area contributed by atoms with Gasteiger partial charge in [-0.2, -0.15) is 0 Å². The van der Waals surface area contributed by atoms with Gasteiger partial charge in [-0.15, -0.1) is 0 Å². The molecule has 3 nitrogen and oxygen atoms in total. The molecule has 2 aliphatic heterocycles. The molecule has 0 amide bonds. The van der Waals surface area contributed by atoms with Crippen LogP contribution >= 0.6 is 0 Å². The molecule has 0 spiro atoms. The number of ether oxygens (including phenoxy) is 1. The summed E-state index contributed by atoms with van der Waals surface area (Å²) in [5.74, 6) is 0. The van der Waals surface area contributed by atoms with Gasteiger partial charge in [-0.1, -0.05) is 6.42 Å². The molecule has 2 aliphatic rings. The molecule has 0 radical (unpaired) electrons. The van der Waals surface area contributed by atoms with Crippen LogP contribution in [0.25, 0.3) is 0 Å². The molecule has 15 heavy (non-hydrogen) atoms. The Hall–Kier alpha value is -0.120. The first kappa shape index (κ1) is 11.4. The summed E-state index contributed by atoms with van der Waals surface area (Å²) >= 11 is 0. The summed E-state index contributed by atoms with van der Waals surface area (Å²) in [5.41, 5.74) is 0.247. The Morgan fingerprint density at radius 2 is 2.00 bits per heavy atom. The maximum atomic E-state index is 5.41. The van der Waals surface area contributed by atoms with Gasteiger partial charge in [0.05, 0.1) is 12.1 Å². The maximum Gasteiger partial charge on any atom is 0.0657 e. The minimum Gasteiger partial charge on any atom is -0.383 e. The van der Waals surface area contributed by atoms with Gasteiger partial charge in [0.2, 0.25) is 0 Å². The van der Waals surface area contributed by atoms with Crippen molar-refractivity contribution < 1.29 is 4.74 Å². The second-order valence-electron chi connectivity index (χ2n) is 5.08. The van der Waals surface area contributed by atoms with Crippen LogP contribution < -0.4 is 5.32 Å². The van der Waals surface area contributed by atoms with Crippen LogP contribution in [-0.4, -0.2) is 50.3 Å². The summed E-state index contributed by atoms with van der Waals surface area (Å²) in [6, 6.07) is 0. The minimum absolute atomic E-state index is 0.247. The van der Waals surface area contributed by atoms with Gasteiger partial charge in [0.25, 0.3) is 0 Å². The van der Waals surface area contributed by atoms with Crippen LogP contribution in [0.2, 0.25) is 0 Å². The van der Waals surface area contributed by atoms with Crippen molar-refractivity contribution in [3.8, 4) is 0 Å². The lowest BCUT2D eigenvalue weighted by Crippen LogP contribution is -2.58. The number of nitrogens with zero attached hydrogens (tertiary/aromatic N) is 1. The van der Waals surface area contributed by atoms with E-state index in [9.17, 15) is 0 Å². The van der Waals surface area contributed by atoms with Gasteiger partial charge < -0.3 is 15.0 Å². The molecule has 0 aromatic rings. The SMILES string of the molecule is COCC1(CN2CCCC2)CCCCN1. The van der Waals surface area contributed by atoms with Crippen molar-refractivity contribution in [2.45, 2.75) is 37.6 Å². The van der Waals surface area contributed by atoms with E-state index in [4.69, 9.17) is 4.74 Å². The fraction of sp³-hybridized carbons (Fsp3) is 1.00. The molecule has 0 aliphatic carbocycles. The van der Waals surface area contributed by atoms with E-state index in [1.807, 2.05) is 7.11 Å². The van der Waals surface area contributed by atoms with E-state index in [1.54, 1.807) is 0 Å². The van der Waals surface area contributed by atoms with Crippen molar-refractivity contribution in [2.24, 2.45) is 0 Å². The fourth-order valence-corrected chi connectivity index (χ4v) is 2.98. The molecule has 2 rings (SSSR count). The van der Waals surface area contributed by atoms with E-state index >= 15 is 0 Å². The van der Waals surface area contributed by atoms with E-state index in [1.165, 1.54) is 51.7 Å². The topological polar surface area (TPSA) is 24.5 Å². The third-order valence-corrected chi connectivity index (χ3v) is 3.73. The number of rotatable bonds is 4. The first-order valence-corrected chi connectivity index (χ1v) is 6.31. The quantitative estimate of drug-likeness (QED) is 0.759. The van der Waals surface area contributed by atoms with Crippen molar-refractivity contribution in [3.05, 3.63) is 0 Å². The van der Waals surface area contributed by atoms with E-state index in [-0.39, 0.29) is 5.54 Å². The van der Waals surface area contributed by atoms with Crippen molar-refractivity contribution in [1.29, 1.82) is 0 Å². The summed E-state index contributed by atoms with van der Waals surface area (Å²) in [4.78, 5) is 2.59. The second-order valence-corrected chi connectivity index (χ2v) is 5.08. The zero-order valence-electron chi connectivity index (χ0n) is 9.93. The van der Waals surface area contributed by atoms with Crippen LogP contribution in [0.5, 0.6) is 0 Å².